The van der Waals surface area contributed by atoms with Crippen LogP contribution in [0, 0.1) is 5.92 Å². The van der Waals surface area contributed by atoms with E-state index in [0.717, 1.165) is 37.5 Å². The fourth-order valence-corrected chi connectivity index (χ4v) is 2.57. The van der Waals surface area contributed by atoms with Gasteiger partial charge >= 0.3 is 0 Å². The van der Waals surface area contributed by atoms with E-state index in [9.17, 15) is 4.79 Å². The van der Waals surface area contributed by atoms with Gasteiger partial charge in [-0.2, -0.15) is 0 Å². The Balaban J connectivity index is 1.74. The molecule has 1 amide bonds. The molecule has 1 aliphatic heterocycles. The average molecular weight is 248 g/mol. The van der Waals surface area contributed by atoms with E-state index in [1.807, 2.05) is 6.92 Å². The van der Waals surface area contributed by atoms with Crippen LogP contribution in [0.5, 0.6) is 0 Å². The monoisotopic (exact) mass is 248 g/mol. The second-order valence-corrected chi connectivity index (χ2v) is 5.44. The molecule has 0 aromatic carbocycles. The van der Waals surface area contributed by atoms with Gasteiger partial charge in [-0.25, -0.2) is 0 Å². The molecule has 18 heavy (non-hydrogen) atoms. The van der Waals surface area contributed by atoms with Gasteiger partial charge in [-0.1, -0.05) is 6.42 Å². The van der Waals surface area contributed by atoms with Gasteiger partial charge in [0.25, 0.3) is 0 Å². The molecule has 1 aromatic rings. The Labute approximate surface area is 107 Å². The van der Waals surface area contributed by atoms with Crippen LogP contribution in [-0.2, 0) is 17.8 Å². The van der Waals surface area contributed by atoms with Crippen LogP contribution < -0.4 is 5.32 Å². The van der Waals surface area contributed by atoms with Crippen molar-refractivity contribution in [2.75, 3.05) is 0 Å². The van der Waals surface area contributed by atoms with Crippen molar-refractivity contribution >= 4 is 5.91 Å². The highest BCUT2D eigenvalue weighted by molar-refractivity contribution is 5.81. The van der Waals surface area contributed by atoms with Gasteiger partial charge in [-0.15, -0.1) is 10.2 Å². The Morgan fingerprint density at radius 3 is 2.94 bits per heavy atom. The summed E-state index contributed by atoms with van der Waals surface area (Å²) in [5.41, 5.74) is 0. The van der Waals surface area contributed by atoms with Crippen molar-refractivity contribution in [1.82, 2.24) is 20.1 Å². The van der Waals surface area contributed by atoms with E-state index in [2.05, 4.69) is 20.1 Å². The Kier molecular flexibility index (Phi) is 3.06. The van der Waals surface area contributed by atoms with Crippen LogP contribution in [0.25, 0.3) is 0 Å². The lowest BCUT2D eigenvalue weighted by molar-refractivity contribution is -0.123. The van der Waals surface area contributed by atoms with Crippen LogP contribution in [0.1, 0.15) is 56.7 Å². The second-order valence-electron chi connectivity index (χ2n) is 5.44. The summed E-state index contributed by atoms with van der Waals surface area (Å²) in [6.45, 7) is 2.99. The number of nitrogens with one attached hydrogen (secondary N) is 1. The lowest BCUT2D eigenvalue weighted by Gasteiger charge is -2.15. The maximum absolute atomic E-state index is 11.8. The third-order valence-corrected chi connectivity index (χ3v) is 3.83. The first-order valence-corrected chi connectivity index (χ1v) is 6.98. The van der Waals surface area contributed by atoms with E-state index < -0.39 is 0 Å². The molecule has 1 aliphatic carbocycles. The van der Waals surface area contributed by atoms with E-state index in [0.29, 0.717) is 0 Å². The number of carbonyl (C=O) groups is 1. The minimum Gasteiger partial charge on any atom is -0.346 e. The molecular formula is C13H20N4O. The first-order valence-electron chi connectivity index (χ1n) is 6.98. The Morgan fingerprint density at radius 2 is 2.17 bits per heavy atom. The van der Waals surface area contributed by atoms with Crippen LogP contribution in [0.15, 0.2) is 0 Å². The van der Waals surface area contributed by atoms with E-state index in [-0.39, 0.29) is 17.9 Å². The number of aromatic nitrogens is 3. The minimum atomic E-state index is -0.0301. The number of rotatable bonds is 3. The van der Waals surface area contributed by atoms with Crippen molar-refractivity contribution in [3.8, 4) is 0 Å². The molecule has 0 spiro atoms. The molecule has 98 valence electrons. The Hall–Kier alpha value is -1.39. The largest absolute Gasteiger partial charge is 0.346 e. The number of fused-ring (bicyclic) bond motifs is 1. The van der Waals surface area contributed by atoms with Gasteiger partial charge in [0.1, 0.15) is 5.82 Å². The molecule has 3 rings (SSSR count). The zero-order valence-electron chi connectivity index (χ0n) is 10.9. The topological polar surface area (TPSA) is 59.8 Å². The van der Waals surface area contributed by atoms with Crippen molar-refractivity contribution < 1.29 is 4.79 Å². The molecular weight excluding hydrogens is 228 g/mol. The first-order chi connectivity index (χ1) is 8.75. The third kappa shape index (κ3) is 2.26. The summed E-state index contributed by atoms with van der Waals surface area (Å²) in [5.74, 6) is 2.42. The van der Waals surface area contributed by atoms with Gasteiger partial charge in [0.15, 0.2) is 5.82 Å². The number of hydrogen-bond acceptors (Lipinski definition) is 3. The SMILES string of the molecule is CC(NC(=O)C1CC1)c1nnc2n1CCCCC2. The highest BCUT2D eigenvalue weighted by Crippen LogP contribution is 2.29. The van der Waals surface area contributed by atoms with Crippen LogP contribution >= 0.6 is 0 Å². The number of amides is 1. The highest BCUT2D eigenvalue weighted by atomic mass is 16.2. The summed E-state index contributed by atoms with van der Waals surface area (Å²) in [7, 11) is 0. The van der Waals surface area contributed by atoms with Crippen molar-refractivity contribution in [2.45, 2.75) is 58.0 Å². The summed E-state index contributed by atoms with van der Waals surface area (Å²) in [4.78, 5) is 11.8. The van der Waals surface area contributed by atoms with Gasteiger partial charge in [-0.3, -0.25) is 4.79 Å². The molecule has 1 N–H and O–H groups in total. The quantitative estimate of drug-likeness (QED) is 0.883. The molecule has 1 unspecified atom stereocenters. The van der Waals surface area contributed by atoms with Gasteiger partial charge in [0.2, 0.25) is 5.91 Å². The zero-order valence-corrected chi connectivity index (χ0v) is 10.9. The molecule has 2 heterocycles. The van der Waals surface area contributed by atoms with Gasteiger partial charge in [0, 0.05) is 18.9 Å². The van der Waals surface area contributed by atoms with Crippen molar-refractivity contribution in [3.05, 3.63) is 11.6 Å². The lowest BCUT2D eigenvalue weighted by Crippen LogP contribution is -2.30. The van der Waals surface area contributed by atoms with E-state index in [1.54, 1.807) is 0 Å². The molecule has 1 aromatic heterocycles. The molecule has 1 fully saturated rings. The number of nitrogens with zero attached hydrogens (tertiary/aromatic N) is 3. The van der Waals surface area contributed by atoms with Gasteiger partial charge < -0.3 is 9.88 Å². The zero-order chi connectivity index (χ0) is 12.5. The second kappa shape index (κ2) is 4.71. The molecule has 0 saturated heterocycles. The molecule has 5 nitrogen and oxygen atoms in total. The maximum Gasteiger partial charge on any atom is 0.223 e. The Bertz CT molecular complexity index is 450. The third-order valence-electron chi connectivity index (χ3n) is 3.83. The summed E-state index contributed by atoms with van der Waals surface area (Å²) in [5, 5.41) is 11.6. The molecule has 1 saturated carbocycles. The standard InChI is InChI=1S/C13H20N4O/c1-9(14-13(18)10-6-7-10)12-16-15-11-5-3-2-4-8-17(11)12/h9-10H,2-8H2,1H3,(H,14,18). The molecule has 0 bridgehead atoms. The smallest absolute Gasteiger partial charge is 0.223 e. The van der Waals surface area contributed by atoms with Gasteiger partial charge in [0.05, 0.1) is 6.04 Å². The number of hydrogen-bond donors (Lipinski definition) is 1. The van der Waals surface area contributed by atoms with E-state index in [4.69, 9.17) is 0 Å². The average Bonchev–Trinajstić information content (AvgIpc) is 3.15. The normalized spacial score (nSPS) is 20.9. The number of carbonyl (C=O) groups excluding carboxylic acids is 1. The van der Waals surface area contributed by atoms with Crippen LogP contribution in [0.3, 0.4) is 0 Å². The van der Waals surface area contributed by atoms with Crippen LogP contribution in [0.4, 0.5) is 0 Å². The van der Waals surface area contributed by atoms with E-state index in [1.165, 1.54) is 19.3 Å². The molecule has 5 heteroatoms. The van der Waals surface area contributed by atoms with Crippen molar-refractivity contribution in [3.63, 3.8) is 0 Å². The summed E-state index contributed by atoms with van der Waals surface area (Å²) in [6, 6.07) is -0.0301. The summed E-state index contributed by atoms with van der Waals surface area (Å²) in [6.07, 6.45) is 6.72. The van der Waals surface area contributed by atoms with Crippen molar-refractivity contribution in [2.24, 2.45) is 5.92 Å². The van der Waals surface area contributed by atoms with Crippen LogP contribution in [-0.4, -0.2) is 20.7 Å². The van der Waals surface area contributed by atoms with Crippen molar-refractivity contribution in [1.29, 1.82) is 0 Å². The van der Waals surface area contributed by atoms with Gasteiger partial charge in [-0.05, 0) is 32.6 Å². The highest BCUT2D eigenvalue weighted by Gasteiger charge is 2.31. The molecule has 1 atom stereocenters. The molecule has 0 radical (unpaired) electrons. The first kappa shape index (κ1) is 11.7. The Morgan fingerprint density at radius 1 is 1.33 bits per heavy atom. The van der Waals surface area contributed by atoms with E-state index >= 15 is 0 Å². The molecule has 2 aliphatic rings. The summed E-state index contributed by atoms with van der Waals surface area (Å²) < 4.78 is 2.20. The predicted molar refractivity (Wildman–Crippen MR) is 66.9 cm³/mol. The number of aryl methyl sites for hydroxylation is 1. The lowest BCUT2D eigenvalue weighted by atomic mass is 10.2. The summed E-state index contributed by atoms with van der Waals surface area (Å²) >= 11 is 0. The fourth-order valence-electron chi connectivity index (χ4n) is 2.57. The maximum atomic E-state index is 11.8. The fraction of sp³-hybridized carbons (Fsp3) is 0.769. The minimum absolute atomic E-state index is 0.0301. The van der Waals surface area contributed by atoms with Crippen LogP contribution in [0.2, 0.25) is 0 Å². The predicted octanol–water partition coefficient (Wildman–Crippen LogP) is 1.59.